The van der Waals surface area contributed by atoms with Gasteiger partial charge in [0.15, 0.2) is 0 Å². The summed E-state index contributed by atoms with van der Waals surface area (Å²) < 4.78 is 5.28. The molecule has 0 saturated carbocycles. The maximum atomic E-state index is 10.7. The number of nitro groups is 1. The number of benzene rings is 1. The van der Waals surface area contributed by atoms with E-state index in [1.54, 1.807) is 6.92 Å². The largest absolute Gasteiger partial charge is 0.425 e. The molecule has 0 aliphatic carbocycles. The van der Waals surface area contributed by atoms with E-state index in [2.05, 4.69) is 15.9 Å². The zero-order valence-corrected chi connectivity index (χ0v) is 9.70. The molecule has 80 valence electrons. The zero-order valence-electron chi connectivity index (χ0n) is 8.11. The summed E-state index contributed by atoms with van der Waals surface area (Å²) in [5, 5.41) is 10.6. The molecule has 0 atom stereocenters. The molecule has 0 fully saturated rings. The molecule has 0 N–H and O–H groups in total. The SMILES string of the molecule is CC(=O)Oc1ccc([N+](=O)[O-])c(C)c1Br. The van der Waals surface area contributed by atoms with Gasteiger partial charge in [0.1, 0.15) is 5.75 Å². The van der Waals surface area contributed by atoms with Crippen LogP contribution in [0.15, 0.2) is 16.6 Å². The summed E-state index contributed by atoms with van der Waals surface area (Å²) >= 11 is 3.15. The van der Waals surface area contributed by atoms with Crippen LogP contribution in [0.3, 0.4) is 0 Å². The molecule has 0 unspecified atom stereocenters. The van der Waals surface area contributed by atoms with Crippen LogP contribution in [-0.2, 0) is 4.79 Å². The van der Waals surface area contributed by atoms with Crippen LogP contribution in [0.25, 0.3) is 0 Å². The molecule has 0 amide bonds. The van der Waals surface area contributed by atoms with Crippen LogP contribution in [-0.4, -0.2) is 10.9 Å². The first-order valence-corrected chi connectivity index (χ1v) is 4.84. The fraction of sp³-hybridized carbons (Fsp3) is 0.222. The van der Waals surface area contributed by atoms with Crippen LogP contribution >= 0.6 is 15.9 Å². The first kappa shape index (κ1) is 11.6. The van der Waals surface area contributed by atoms with E-state index in [9.17, 15) is 14.9 Å². The van der Waals surface area contributed by atoms with Gasteiger partial charge in [-0.05, 0) is 28.9 Å². The lowest BCUT2D eigenvalue weighted by molar-refractivity contribution is -0.385. The first-order valence-electron chi connectivity index (χ1n) is 4.05. The number of hydrogen-bond acceptors (Lipinski definition) is 4. The van der Waals surface area contributed by atoms with Crippen molar-refractivity contribution in [3.63, 3.8) is 0 Å². The van der Waals surface area contributed by atoms with Gasteiger partial charge in [0, 0.05) is 18.6 Å². The van der Waals surface area contributed by atoms with Crippen molar-refractivity contribution in [1.29, 1.82) is 0 Å². The third kappa shape index (κ3) is 2.53. The van der Waals surface area contributed by atoms with Gasteiger partial charge in [0.25, 0.3) is 5.69 Å². The second kappa shape index (κ2) is 4.39. The third-order valence-electron chi connectivity index (χ3n) is 1.77. The van der Waals surface area contributed by atoms with E-state index >= 15 is 0 Å². The summed E-state index contributed by atoms with van der Waals surface area (Å²) in [5.41, 5.74) is 0.413. The van der Waals surface area contributed by atoms with Crippen molar-refractivity contribution in [1.82, 2.24) is 0 Å². The third-order valence-corrected chi connectivity index (χ3v) is 2.76. The van der Waals surface area contributed by atoms with Gasteiger partial charge in [-0.15, -0.1) is 0 Å². The summed E-state index contributed by atoms with van der Waals surface area (Å²) in [6.45, 7) is 2.85. The van der Waals surface area contributed by atoms with Gasteiger partial charge < -0.3 is 4.74 Å². The molecule has 0 spiro atoms. The van der Waals surface area contributed by atoms with Crippen molar-refractivity contribution < 1.29 is 14.5 Å². The predicted octanol–water partition coefficient (Wildman–Crippen LogP) is 2.59. The van der Waals surface area contributed by atoms with E-state index in [-0.39, 0.29) is 11.4 Å². The lowest BCUT2D eigenvalue weighted by atomic mass is 10.2. The molecular weight excluding hydrogens is 266 g/mol. The standard InChI is InChI=1S/C9H8BrNO4/c1-5-7(11(13)14)3-4-8(9(5)10)15-6(2)12/h3-4H,1-2H3. The van der Waals surface area contributed by atoms with Gasteiger partial charge in [-0.2, -0.15) is 0 Å². The smallest absolute Gasteiger partial charge is 0.308 e. The summed E-state index contributed by atoms with van der Waals surface area (Å²) in [6.07, 6.45) is 0. The number of halogens is 1. The van der Waals surface area contributed by atoms with E-state index in [4.69, 9.17) is 4.74 Å². The van der Waals surface area contributed by atoms with Crippen LogP contribution in [0.1, 0.15) is 12.5 Å². The lowest BCUT2D eigenvalue weighted by Gasteiger charge is -2.06. The molecule has 0 heterocycles. The Kier molecular flexibility index (Phi) is 3.41. The normalized spacial score (nSPS) is 9.80. The molecule has 1 rings (SSSR count). The van der Waals surface area contributed by atoms with Gasteiger partial charge in [0.05, 0.1) is 9.40 Å². The fourth-order valence-corrected chi connectivity index (χ4v) is 1.50. The molecule has 0 aliphatic heterocycles. The lowest BCUT2D eigenvalue weighted by Crippen LogP contribution is -2.03. The highest BCUT2D eigenvalue weighted by Gasteiger charge is 2.17. The monoisotopic (exact) mass is 273 g/mol. The van der Waals surface area contributed by atoms with Crippen LogP contribution < -0.4 is 4.74 Å². The maximum absolute atomic E-state index is 10.7. The zero-order chi connectivity index (χ0) is 11.6. The summed E-state index contributed by atoms with van der Waals surface area (Å²) in [5.74, 6) is -0.186. The Morgan fingerprint density at radius 3 is 2.60 bits per heavy atom. The highest BCUT2D eigenvalue weighted by atomic mass is 79.9. The molecule has 0 aromatic heterocycles. The highest BCUT2D eigenvalue weighted by Crippen LogP contribution is 2.34. The number of carbonyl (C=O) groups is 1. The molecule has 1 aromatic rings. The van der Waals surface area contributed by atoms with E-state index in [1.807, 2.05) is 0 Å². The Balaban J connectivity index is 3.21. The topological polar surface area (TPSA) is 69.4 Å². The number of carbonyl (C=O) groups excluding carboxylic acids is 1. The van der Waals surface area contributed by atoms with Gasteiger partial charge >= 0.3 is 5.97 Å². The van der Waals surface area contributed by atoms with Crippen molar-refractivity contribution in [2.24, 2.45) is 0 Å². The van der Waals surface area contributed by atoms with Gasteiger partial charge in [-0.3, -0.25) is 14.9 Å². The first-order chi connectivity index (χ1) is 6.93. The average molecular weight is 274 g/mol. The molecule has 6 heteroatoms. The van der Waals surface area contributed by atoms with Crippen molar-refractivity contribution in [2.75, 3.05) is 0 Å². The molecule has 15 heavy (non-hydrogen) atoms. The number of ether oxygens (including phenoxy) is 1. The average Bonchev–Trinajstić information content (AvgIpc) is 2.12. The number of nitro benzene ring substituents is 1. The molecule has 1 aromatic carbocycles. The number of esters is 1. The predicted molar refractivity (Wildman–Crippen MR) is 56.8 cm³/mol. The number of nitrogens with zero attached hydrogens (tertiary/aromatic N) is 1. The molecule has 0 aliphatic rings. The summed E-state index contributed by atoms with van der Waals surface area (Å²) in [6, 6.07) is 2.69. The molecular formula is C9H8BrNO4. The van der Waals surface area contributed by atoms with Crippen molar-refractivity contribution in [3.8, 4) is 5.75 Å². The van der Waals surface area contributed by atoms with Crippen molar-refractivity contribution in [3.05, 3.63) is 32.3 Å². The Bertz CT molecular complexity index is 430. The Labute approximate surface area is 94.3 Å². The molecule has 5 nitrogen and oxygen atoms in total. The van der Waals surface area contributed by atoms with E-state index in [1.165, 1.54) is 19.1 Å². The Morgan fingerprint density at radius 2 is 2.13 bits per heavy atom. The summed E-state index contributed by atoms with van der Waals surface area (Å²) in [7, 11) is 0. The molecule has 0 radical (unpaired) electrons. The number of hydrogen-bond donors (Lipinski definition) is 0. The van der Waals surface area contributed by atoms with Gasteiger partial charge in [-0.25, -0.2) is 0 Å². The van der Waals surface area contributed by atoms with Gasteiger partial charge in [0.2, 0.25) is 0 Å². The van der Waals surface area contributed by atoms with Crippen LogP contribution in [0.4, 0.5) is 5.69 Å². The van der Waals surface area contributed by atoms with E-state index in [0.29, 0.717) is 10.0 Å². The van der Waals surface area contributed by atoms with E-state index in [0.717, 1.165) is 0 Å². The second-order valence-corrected chi connectivity index (χ2v) is 3.67. The van der Waals surface area contributed by atoms with Crippen LogP contribution in [0.5, 0.6) is 5.75 Å². The Hall–Kier alpha value is -1.43. The molecule has 0 saturated heterocycles. The number of rotatable bonds is 2. The minimum Gasteiger partial charge on any atom is -0.425 e. The van der Waals surface area contributed by atoms with E-state index < -0.39 is 10.9 Å². The quantitative estimate of drug-likeness (QED) is 0.359. The van der Waals surface area contributed by atoms with Crippen molar-refractivity contribution >= 4 is 27.6 Å². The Morgan fingerprint density at radius 1 is 1.53 bits per heavy atom. The van der Waals surface area contributed by atoms with Crippen LogP contribution in [0, 0.1) is 17.0 Å². The molecule has 0 bridgehead atoms. The van der Waals surface area contributed by atoms with Crippen LogP contribution in [0.2, 0.25) is 0 Å². The van der Waals surface area contributed by atoms with Crippen molar-refractivity contribution in [2.45, 2.75) is 13.8 Å². The highest BCUT2D eigenvalue weighted by molar-refractivity contribution is 9.10. The minimum absolute atomic E-state index is 0.0159. The minimum atomic E-state index is -0.488. The fourth-order valence-electron chi connectivity index (χ4n) is 1.08. The maximum Gasteiger partial charge on any atom is 0.308 e. The second-order valence-electron chi connectivity index (χ2n) is 2.87. The summed E-state index contributed by atoms with van der Waals surface area (Å²) in [4.78, 5) is 20.8. The van der Waals surface area contributed by atoms with Gasteiger partial charge in [-0.1, -0.05) is 0 Å².